The second-order valence-corrected chi connectivity index (χ2v) is 6.88. The molecule has 0 saturated carbocycles. The number of fused-ring (bicyclic) bond motifs is 1. The summed E-state index contributed by atoms with van der Waals surface area (Å²) in [4.78, 5) is 2.17. The highest BCUT2D eigenvalue weighted by atomic mass is 19.2. The van der Waals surface area contributed by atoms with Gasteiger partial charge in [0.1, 0.15) is 6.10 Å². The van der Waals surface area contributed by atoms with Gasteiger partial charge in [0, 0.05) is 39.4 Å². The SMILES string of the molecule is Cn1nccc1C(O)c1cc2n(n1)CCCN(Cc1ccc(F)c(F)c1)C2. The quantitative estimate of drug-likeness (QED) is 0.763. The summed E-state index contributed by atoms with van der Waals surface area (Å²) in [6, 6.07) is 7.69. The predicted molar refractivity (Wildman–Crippen MR) is 94.6 cm³/mol. The number of hydrogen-bond acceptors (Lipinski definition) is 4. The third kappa shape index (κ3) is 3.63. The molecule has 3 heterocycles. The third-order valence-corrected chi connectivity index (χ3v) is 4.92. The summed E-state index contributed by atoms with van der Waals surface area (Å²) in [6.07, 6.45) is 1.69. The summed E-state index contributed by atoms with van der Waals surface area (Å²) in [6.45, 7) is 2.75. The van der Waals surface area contributed by atoms with Gasteiger partial charge in [0.05, 0.1) is 17.1 Å². The van der Waals surface area contributed by atoms with Crippen molar-refractivity contribution in [2.45, 2.75) is 32.2 Å². The fourth-order valence-electron chi connectivity index (χ4n) is 3.52. The minimum atomic E-state index is -0.837. The molecule has 0 bridgehead atoms. The number of aryl methyl sites for hydroxylation is 2. The zero-order valence-electron chi connectivity index (χ0n) is 15.0. The number of aromatic nitrogens is 4. The fourth-order valence-corrected chi connectivity index (χ4v) is 3.52. The van der Waals surface area contributed by atoms with Crippen LogP contribution in [0.3, 0.4) is 0 Å². The number of rotatable bonds is 4. The molecule has 1 atom stereocenters. The Kier molecular flexibility index (Phi) is 4.75. The van der Waals surface area contributed by atoms with Crippen LogP contribution < -0.4 is 0 Å². The lowest BCUT2D eigenvalue weighted by Crippen LogP contribution is -2.22. The van der Waals surface area contributed by atoms with Gasteiger partial charge in [-0.2, -0.15) is 10.2 Å². The Morgan fingerprint density at radius 2 is 2.00 bits per heavy atom. The van der Waals surface area contributed by atoms with E-state index >= 15 is 0 Å². The van der Waals surface area contributed by atoms with Crippen molar-refractivity contribution in [3.8, 4) is 0 Å². The summed E-state index contributed by atoms with van der Waals surface area (Å²) in [5.74, 6) is -1.66. The summed E-state index contributed by atoms with van der Waals surface area (Å²) < 4.78 is 30.1. The molecule has 0 aliphatic carbocycles. The first-order valence-corrected chi connectivity index (χ1v) is 8.90. The van der Waals surface area contributed by atoms with Gasteiger partial charge in [0.25, 0.3) is 0 Å². The van der Waals surface area contributed by atoms with Crippen molar-refractivity contribution in [3.63, 3.8) is 0 Å². The number of benzene rings is 1. The second-order valence-electron chi connectivity index (χ2n) is 6.88. The maximum atomic E-state index is 13.5. The van der Waals surface area contributed by atoms with Gasteiger partial charge in [0.2, 0.25) is 0 Å². The van der Waals surface area contributed by atoms with E-state index < -0.39 is 17.7 Å². The molecule has 1 unspecified atom stereocenters. The van der Waals surface area contributed by atoms with Crippen molar-refractivity contribution < 1.29 is 13.9 Å². The van der Waals surface area contributed by atoms with E-state index in [9.17, 15) is 13.9 Å². The molecule has 1 aromatic carbocycles. The lowest BCUT2D eigenvalue weighted by atomic mass is 10.1. The highest BCUT2D eigenvalue weighted by Crippen LogP contribution is 2.24. The van der Waals surface area contributed by atoms with Crippen LogP contribution in [0, 0.1) is 11.6 Å². The van der Waals surface area contributed by atoms with Gasteiger partial charge in [-0.25, -0.2) is 8.78 Å². The van der Waals surface area contributed by atoms with Crippen LogP contribution in [-0.2, 0) is 26.7 Å². The van der Waals surface area contributed by atoms with Crippen LogP contribution >= 0.6 is 0 Å². The molecule has 27 heavy (non-hydrogen) atoms. The number of aliphatic hydroxyl groups is 1. The van der Waals surface area contributed by atoms with Crippen LogP contribution in [0.15, 0.2) is 36.5 Å². The van der Waals surface area contributed by atoms with Crippen LogP contribution in [0.1, 0.15) is 35.2 Å². The van der Waals surface area contributed by atoms with E-state index in [1.807, 2.05) is 10.7 Å². The molecule has 2 aromatic heterocycles. The maximum Gasteiger partial charge on any atom is 0.159 e. The van der Waals surface area contributed by atoms with E-state index in [1.165, 1.54) is 6.07 Å². The van der Waals surface area contributed by atoms with Crippen LogP contribution in [0.2, 0.25) is 0 Å². The molecule has 1 N–H and O–H groups in total. The Morgan fingerprint density at radius 3 is 2.74 bits per heavy atom. The Hall–Kier alpha value is -2.58. The van der Waals surface area contributed by atoms with Gasteiger partial charge >= 0.3 is 0 Å². The third-order valence-electron chi connectivity index (χ3n) is 4.92. The van der Waals surface area contributed by atoms with Crippen molar-refractivity contribution in [2.24, 2.45) is 7.05 Å². The molecule has 0 fully saturated rings. The number of nitrogens with zero attached hydrogens (tertiary/aromatic N) is 5. The number of hydrogen-bond donors (Lipinski definition) is 1. The van der Waals surface area contributed by atoms with E-state index in [0.717, 1.165) is 36.8 Å². The molecule has 1 aliphatic rings. The average molecular weight is 373 g/mol. The summed E-state index contributed by atoms with van der Waals surface area (Å²) >= 11 is 0. The molecule has 0 saturated heterocycles. The normalized spacial score (nSPS) is 16.1. The second kappa shape index (κ2) is 7.21. The van der Waals surface area contributed by atoms with Gasteiger partial charge in [-0.3, -0.25) is 14.3 Å². The molecular weight excluding hydrogens is 352 g/mol. The van der Waals surface area contributed by atoms with Crippen LogP contribution in [-0.4, -0.2) is 36.1 Å². The standard InChI is InChI=1S/C19H21F2N5O/c1-24-18(5-6-22-24)19(27)17-10-14-12-25(7-2-8-26(14)23-17)11-13-3-4-15(20)16(21)9-13/h3-6,9-10,19,27H,2,7-8,11-12H2,1H3. The largest absolute Gasteiger partial charge is 0.380 e. The summed E-state index contributed by atoms with van der Waals surface area (Å²) in [7, 11) is 1.78. The van der Waals surface area contributed by atoms with Crippen molar-refractivity contribution in [1.82, 2.24) is 24.5 Å². The smallest absolute Gasteiger partial charge is 0.159 e. The maximum absolute atomic E-state index is 13.5. The Balaban J connectivity index is 1.52. The molecule has 3 aromatic rings. The Morgan fingerprint density at radius 1 is 1.15 bits per heavy atom. The first-order chi connectivity index (χ1) is 13.0. The molecular formula is C19H21F2N5O. The van der Waals surface area contributed by atoms with E-state index in [4.69, 9.17) is 0 Å². The molecule has 0 spiro atoms. The van der Waals surface area contributed by atoms with Crippen molar-refractivity contribution >= 4 is 0 Å². The van der Waals surface area contributed by atoms with Gasteiger partial charge in [-0.05, 0) is 36.2 Å². The lowest BCUT2D eigenvalue weighted by molar-refractivity contribution is 0.203. The van der Waals surface area contributed by atoms with Crippen molar-refractivity contribution in [3.05, 3.63) is 70.8 Å². The van der Waals surface area contributed by atoms with E-state index in [1.54, 1.807) is 30.1 Å². The average Bonchev–Trinajstić information content (AvgIpc) is 3.19. The highest BCUT2D eigenvalue weighted by Gasteiger charge is 2.22. The Bertz CT molecular complexity index is 951. The van der Waals surface area contributed by atoms with E-state index in [-0.39, 0.29) is 0 Å². The predicted octanol–water partition coefficient (Wildman–Crippen LogP) is 2.38. The zero-order chi connectivity index (χ0) is 19.0. The minimum absolute atomic E-state index is 0.530. The number of halogens is 2. The zero-order valence-corrected chi connectivity index (χ0v) is 15.0. The lowest BCUT2D eigenvalue weighted by Gasteiger charge is -2.19. The molecule has 6 nitrogen and oxygen atoms in total. The number of aliphatic hydroxyl groups excluding tert-OH is 1. The van der Waals surface area contributed by atoms with Crippen molar-refractivity contribution in [2.75, 3.05) is 6.54 Å². The Labute approximate surface area is 155 Å². The summed E-state index contributed by atoms with van der Waals surface area (Å²) in [5, 5.41) is 19.3. The first kappa shape index (κ1) is 17.8. The van der Waals surface area contributed by atoms with Gasteiger partial charge in [-0.1, -0.05) is 6.07 Å². The fraction of sp³-hybridized carbons (Fsp3) is 0.368. The topological polar surface area (TPSA) is 59.1 Å². The summed E-state index contributed by atoms with van der Waals surface area (Å²) in [5.41, 5.74) is 2.99. The molecule has 1 aliphatic heterocycles. The van der Waals surface area contributed by atoms with E-state index in [2.05, 4.69) is 15.1 Å². The van der Waals surface area contributed by atoms with Gasteiger partial charge < -0.3 is 5.11 Å². The highest BCUT2D eigenvalue weighted by molar-refractivity contribution is 5.22. The minimum Gasteiger partial charge on any atom is -0.380 e. The molecule has 4 rings (SSSR count). The van der Waals surface area contributed by atoms with Gasteiger partial charge in [0.15, 0.2) is 11.6 Å². The van der Waals surface area contributed by atoms with Crippen LogP contribution in [0.25, 0.3) is 0 Å². The molecule has 8 heteroatoms. The van der Waals surface area contributed by atoms with Crippen molar-refractivity contribution in [1.29, 1.82) is 0 Å². The molecule has 142 valence electrons. The van der Waals surface area contributed by atoms with Gasteiger partial charge in [-0.15, -0.1) is 0 Å². The van der Waals surface area contributed by atoms with E-state index in [0.29, 0.717) is 24.5 Å². The van der Waals surface area contributed by atoms with Crippen LogP contribution in [0.4, 0.5) is 8.78 Å². The molecule has 0 amide bonds. The van der Waals surface area contributed by atoms with Crippen LogP contribution in [0.5, 0.6) is 0 Å². The first-order valence-electron chi connectivity index (χ1n) is 8.90. The molecule has 0 radical (unpaired) electrons. The monoisotopic (exact) mass is 373 g/mol.